The molecule has 0 atom stereocenters. The lowest BCUT2D eigenvalue weighted by atomic mass is 9.97. The molecule has 0 unspecified atom stereocenters. The summed E-state index contributed by atoms with van der Waals surface area (Å²) in [5.74, 6) is 1.19. The summed E-state index contributed by atoms with van der Waals surface area (Å²) in [6, 6.07) is 23.4. The molecule has 2 heterocycles. The van der Waals surface area contributed by atoms with Gasteiger partial charge in [-0.15, -0.1) is 0 Å². The molecule has 0 bridgehead atoms. The Balaban J connectivity index is 1.47. The molecule has 0 amide bonds. The minimum atomic E-state index is 0.228. The van der Waals surface area contributed by atoms with Gasteiger partial charge < -0.3 is 10.2 Å². The molecule has 5 aromatic rings. The van der Waals surface area contributed by atoms with E-state index >= 15 is 0 Å². The summed E-state index contributed by atoms with van der Waals surface area (Å²) < 4.78 is 5.99. The molecule has 0 saturated heterocycles. The van der Waals surface area contributed by atoms with Gasteiger partial charge in [-0.25, -0.2) is 4.98 Å². The van der Waals surface area contributed by atoms with Crippen molar-refractivity contribution < 1.29 is 4.42 Å². The van der Waals surface area contributed by atoms with Crippen LogP contribution in [0, 0.1) is 0 Å². The molecule has 1 aliphatic rings. The number of nitrogen functional groups attached to an aromatic ring is 1. The lowest BCUT2D eigenvalue weighted by Gasteiger charge is -2.08. The van der Waals surface area contributed by atoms with Gasteiger partial charge >= 0.3 is 0 Å². The van der Waals surface area contributed by atoms with Crippen LogP contribution in [0.1, 0.15) is 17.7 Å². The highest BCUT2D eigenvalue weighted by Gasteiger charge is 2.21. The van der Waals surface area contributed by atoms with E-state index < -0.39 is 0 Å². The Hall–Kier alpha value is -3.92. The predicted octanol–water partition coefficient (Wildman–Crippen LogP) is 6.25. The average molecular weight is 389 g/mol. The predicted molar refractivity (Wildman–Crippen MR) is 122 cm³/mol. The number of nitrogens with zero attached hydrogens (tertiary/aromatic N) is 2. The van der Waals surface area contributed by atoms with Crippen molar-refractivity contribution in [3.8, 4) is 22.4 Å². The van der Waals surface area contributed by atoms with Crippen molar-refractivity contribution in [2.45, 2.75) is 12.8 Å². The number of furan rings is 1. The van der Waals surface area contributed by atoms with Crippen molar-refractivity contribution in [3.05, 3.63) is 84.1 Å². The zero-order chi connectivity index (χ0) is 20.1. The fraction of sp³-hybridized carbons (Fsp3) is 0.0769. The highest BCUT2D eigenvalue weighted by atomic mass is 16.3. The molecule has 2 N–H and O–H groups in total. The number of aromatic nitrogens is 2. The van der Waals surface area contributed by atoms with Crippen LogP contribution < -0.4 is 5.73 Å². The number of benzene rings is 3. The van der Waals surface area contributed by atoms with Crippen LogP contribution in [0.2, 0.25) is 0 Å². The average Bonchev–Trinajstić information content (AvgIpc) is 3.16. The maximum atomic E-state index is 5.99. The summed E-state index contributed by atoms with van der Waals surface area (Å²) in [4.78, 5) is 8.90. The molecule has 3 aromatic carbocycles. The zero-order valence-corrected chi connectivity index (χ0v) is 16.3. The van der Waals surface area contributed by atoms with Crippen molar-refractivity contribution in [2.24, 2.45) is 0 Å². The summed E-state index contributed by atoms with van der Waals surface area (Å²) in [7, 11) is 0. The Morgan fingerprint density at radius 3 is 2.43 bits per heavy atom. The Bertz CT molecular complexity index is 1450. The van der Waals surface area contributed by atoms with E-state index in [4.69, 9.17) is 10.2 Å². The normalized spacial score (nSPS) is 13.1. The van der Waals surface area contributed by atoms with E-state index in [1.165, 1.54) is 16.3 Å². The first-order chi connectivity index (χ1) is 14.8. The van der Waals surface area contributed by atoms with Gasteiger partial charge in [0.2, 0.25) is 11.7 Å². The number of rotatable bonds is 2. The topological polar surface area (TPSA) is 64.9 Å². The standard InChI is InChI=1S/C26H19N3O/c27-26-28-24(23-21-7-3-4-8-22(21)30-25(23)29-26)18-12-9-17(10-13-18)20-14-11-16-5-1-2-6-19(16)15-20/h1-3,5-7,9-15H,4,8H2,(H2,27,28,29). The smallest absolute Gasteiger partial charge is 0.232 e. The van der Waals surface area contributed by atoms with E-state index in [1.807, 2.05) is 0 Å². The minimum absolute atomic E-state index is 0.228. The first-order valence-electron chi connectivity index (χ1n) is 10.1. The Kier molecular flexibility index (Phi) is 3.71. The molecule has 30 heavy (non-hydrogen) atoms. The third kappa shape index (κ3) is 2.69. The second kappa shape index (κ2) is 6.56. The lowest BCUT2D eigenvalue weighted by Crippen LogP contribution is -1.97. The Labute approximate surface area is 173 Å². The van der Waals surface area contributed by atoms with E-state index in [-0.39, 0.29) is 5.95 Å². The molecule has 0 fully saturated rings. The van der Waals surface area contributed by atoms with Gasteiger partial charge in [-0.1, -0.05) is 72.8 Å². The number of hydrogen-bond donors (Lipinski definition) is 1. The second-order valence-electron chi connectivity index (χ2n) is 7.63. The maximum Gasteiger partial charge on any atom is 0.232 e. The lowest BCUT2D eigenvalue weighted by molar-refractivity contribution is 0.537. The summed E-state index contributed by atoms with van der Waals surface area (Å²) in [6.45, 7) is 0. The minimum Gasteiger partial charge on any atom is -0.442 e. The fourth-order valence-corrected chi connectivity index (χ4v) is 4.26. The molecular weight excluding hydrogens is 370 g/mol. The Morgan fingerprint density at radius 2 is 1.57 bits per heavy atom. The number of nitrogens with two attached hydrogens (primary N) is 1. The number of fused-ring (bicyclic) bond motifs is 4. The third-order valence-corrected chi connectivity index (χ3v) is 5.75. The van der Waals surface area contributed by atoms with E-state index in [0.29, 0.717) is 5.71 Å². The SMILES string of the molecule is Nc1nc(-c2ccc(-c3ccc4ccccc4c3)cc2)c2c3c(oc2n1)CCC=C3. The second-order valence-corrected chi connectivity index (χ2v) is 7.63. The largest absolute Gasteiger partial charge is 0.442 e. The quantitative estimate of drug-likeness (QED) is 0.387. The van der Waals surface area contributed by atoms with E-state index in [0.717, 1.165) is 46.4 Å². The van der Waals surface area contributed by atoms with Crippen LogP contribution in [0.4, 0.5) is 5.95 Å². The van der Waals surface area contributed by atoms with Gasteiger partial charge in [0.1, 0.15) is 5.76 Å². The maximum absolute atomic E-state index is 5.99. The van der Waals surface area contributed by atoms with Crippen LogP contribution in [0.3, 0.4) is 0 Å². The molecule has 144 valence electrons. The molecule has 1 aliphatic carbocycles. The van der Waals surface area contributed by atoms with Crippen LogP contribution in [0.15, 0.2) is 77.2 Å². The molecule has 0 radical (unpaired) electrons. The molecule has 4 nitrogen and oxygen atoms in total. The monoisotopic (exact) mass is 389 g/mol. The van der Waals surface area contributed by atoms with Crippen molar-refractivity contribution >= 4 is 33.9 Å². The summed E-state index contributed by atoms with van der Waals surface area (Å²) in [5, 5.41) is 3.42. The summed E-state index contributed by atoms with van der Waals surface area (Å²) >= 11 is 0. The van der Waals surface area contributed by atoms with Crippen molar-refractivity contribution in [3.63, 3.8) is 0 Å². The number of hydrogen-bond acceptors (Lipinski definition) is 4. The number of aryl methyl sites for hydroxylation is 1. The van der Waals surface area contributed by atoms with Crippen molar-refractivity contribution in [1.29, 1.82) is 0 Å². The highest BCUT2D eigenvalue weighted by Crippen LogP contribution is 2.37. The van der Waals surface area contributed by atoms with Gasteiger partial charge in [0.25, 0.3) is 0 Å². The molecule has 0 saturated carbocycles. The van der Waals surface area contributed by atoms with Gasteiger partial charge in [-0.2, -0.15) is 4.98 Å². The number of anilines is 1. The molecule has 0 aliphatic heterocycles. The van der Waals surface area contributed by atoms with Crippen LogP contribution in [0.5, 0.6) is 0 Å². The first kappa shape index (κ1) is 17.0. The molecule has 0 spiro atoms. The van der Waals surface area contributed by atoms with Gasteiger partial charge in [0.15, 0.2) is 0 Å². The molecule has 2 aromatic heterocycles. The van der Waals surface area contributed by atoms with Crippen LogP contribution in [-0.2, 0) is 6.42 Å². The fourth-order valence-electron chi connectivity index (χ4n) is 4.26. The van der Waals surface area contributed by atoms with Gasteiger partial charge in [0.05, 0.1) is 11.1 Å². The molecular formula is C26H19N3O. The molecule has 4 heteroatoms. The van der Waals surface area contributed by atoms with Crippen LogP contribution in [0.25, 0.3) is 50.3 Å². The van der Waals surface area contributed by atoms with Gasteiger partial charge in [-0.3, -0.25) is 0 Å². The number of allylic oxidation sites excluding steroid dienone is 1. The summed E-state index contributed by atoms with van der Waals surface area (Å²) in [6.07, 6.45) is 6.13. The van der Waals surface area contributed by atoms with Crippen molar-refractivity contribution in [2.75, 3.05) is 5.73 Å². The van der Waals surface area contributed by atoms with E-state index in [1.54, 1.807) is 0 Å². The van der Waals surface area contributed by atoms with Crippen LogP contribution in [-0.4, -0.2) is 9.97 Å². The van der Waals surface area contributed by atoms with E-state index in [9.17, 15) is 0 Å². The first-order valence-corrected chi connectivity index (χ1v) is 10.1. The third-order valence-electron chi connectivity index (χ3n) is 5.75. The van der Waals surface area contributed by atoms with Crippen LogP contribution >= 0.6 is 0 Å². The summed E-state index contributed by atoms with van der Waals surface area (Å²) in [5.41, 5.74) is 11.8. The van der Waals surface area contributed by atoms with Gasteiger partial charge in [-0.05, 0) is 34.4 Å². The highest BCUT2D eigenvalue weighted by molar-refractivity contribution is 5.98. The van der Waals surface area contributed by atoms with Gasteiger partial charge in [0, 0.05) is 17.5 Å². The van der Waals surface area contributed by atoms with Crippen molar-refractivity contribution in [1.82, 2.24) is 9.97 Å². The zero-order valence-electron chi connectivity index (χ0n) is 16.3. The molecule has 6 rings (SSSR count). The Morgan fingerprint density at radius 1 is 0.800 bits per heavy atom. The van der Waals surface area contributed by atoms with E-state index in [2.05, 4.69) is 88.9 Å².